The first-order chi connectivity index (χ1) is 16.1. The van der Waals surface area contributed by atoms with Crippen molar-refractivity contribution in [3.8, 4) is 5.75 Å². The number of benzene rings is 1. The molecule has 3 aromatic rings. The Bertz CT molecular complexity index is 1170. The summed E-state index contributed by atoms with van der Waals surface area (Å²) in [6.45, 7) is 8.09. The SMILES string of the molecule is COc1cc(C(=O)N2C(c3nccs3)SC(C)C2(Cn2cccn2)C(=O)O)ccc1C(C)(C)C. The van der Waals surface area contributed by atoms with Gasteiger partial charge in [0, 0.05) is 34.8 Å². The van der Waals surface area contributed by atoms with Crippen LogP contribution < -0.4 is 4.74 Å². The number of carbonyl (C=O) groups excluding carboxylic acids is 1. The standard InChI is InChI=1S/C24H28N4O4S2/c1-15-24(22(30)31,14-27-11-6-9-26-27)28(21(34-15)19-25-10-12-33-19)20(29)16-7-8-17(23(2,3)4)18(13-16)32-5/h6-13,15,21H,14H2,1-5H3,(H,30,31). The molecule has 3 heterocycles. The van der Waals surface area contributed by atoms with E-state index < -0.39 is 22.1 Å². The van der Waals surface area contributed by atoms with Crippen molar-refractivity contribution < 1.29 is 19.4 Å². The van der Waals surface area contributed by atoms with E-state index in [0.717, 1.165) is 5.56 Å². The molecule has 2 aromatic heterocycles. The number of aromatic nitrogens is 3. The van der Waals surface area contributed by atoms with Crippen molar-refractivity contribution in [2.24, 2.45) is 0 Å². The molecule has 0 radical (unpaired) electrons. The van der Waals surface area contributed by atoms with Gasteiger partial charge in [0.15, 0.2) is 5.54 Å². The van der Waals surface area contributed by atoms with Crippen molar-refractivity contribution >= 4 is 35.0 Å². The van der Waals surface area contributed by atoms with Gasteiger partial charge in [-0.05, 0) is 29.2 Å². The lowest BCUT2D eigenvalue weighted by Gasteiger charge is -2.38. The van der Waals surface area contributed by atoms with Crippen LogP contribution in [0.25, 0.3) is 0 Å². The number of carboxylic acid groups (broad SMARTS) is 1. The predicted molar refractivity (Wildman–Crippen MR) is 132 cm³/mol. The minimum absolute atomic E-state index is 0.0221. The molecule has 8 nitrogen and oxygen atoms in total. The van der Waals surface area contributed by atoms with Crippen LogP contribution in [0.5, 0.6) is 5.75 Å². The number of rotatable bonds is 6. The molecule has 34 heavy (non-hydrogen) atoms. The number of aliphatic carboxylic acids is 1. The Morgan fingerprint density at radius 1 is 1.26 bits per heavy atom. The number of methoxy groups -OCH3 is 1. The molecule has 1 aliphatic rings. The van der Waals surface area contributed by atoms with E-state index in [1.165, 1.54) is 28.0 Å². The number of amides is 1. The molecular formula is C24H28N4O4S2. The molecule has 1 amide bonds. The van der Waals surface area contributed by atoms with E-state index in [1.54, 1.807) is 48.6 Å². The van der Waals surface area contributed by atoms with E-state index in [-0.39, 0.29) is 17.9 Å². The molecule has 0 saturated carbocycles. The first-order valence-electron chi connectivity index (χ1n) is 10.9. The first kappa shape index (κ1) is 24.3. The summed E-state index contributed by atoms with van der Waals surface area (Å²) in [5.74, 6) is -0.865. The lowest BCUT2D eigenvalue weighted by Crippen LogP contribution is -2.60. The minimum Gasteiger partial charge on any atom is -0.496 e. The van der Waals surface area contributed by atoms with Crippen LogP contribution in [0.2, 0.25) is 0 Å². The van der Waals surface area contributed by atoms with Crippen molar-refractivity contribution in [2.45, 2.75) is 55.8 Å². The highest BCUT2D eigenvalue weighted by atomic mass is 32.2. The van der Waals surface area contributed by atoms with Gasteiger partial charge in [0.1, 0.15) is 16.1 Å². The van der Waals surface area contributed by atoms with Gasteiger partial charge >= 0.3 is 5.97 Å². The van der Waals surface area contributed by atoms with Crippen LogP contribution in [0.15, 0.2) is 48.2 Å². The van der Waals surface area contributed by atoms with E-state index in [9.17, 15) is 14.7 Å². The van der Waals surface area contributed by atoms with Crippen molar-refractivity contribution in [1.82, 2.24) is 19.7 Å². The maximum Gasteiger partial charge on any atom is 0.332 e. The van der Waals surface area contributed by atoms with Crippen LogP contribution in [-0.4, -0.2) is 54.5 Å². The summed E-state index contributed by atoms with van der Waals surface area (Å²) in [6.07, 6.45) is 4.98. The fourth-order valence-electron chi connectivity index (χ4n) is 4.36. The smallest absolute Gasteiger partial charge is 0.332 e. The molecule has 0 bridgehead atoms. The van der Waals surface area contributed by atoms with Crippen LogP contribution in [0.1, 0.15) is 54.0 Å². The highest BCUT2D eigenvalue weighted by Gasteiger charge is 2.61. The third kappa shape index (κ3) is 4.09. The Morgan fingerprint density at radius 2 is 2.03 bits per heavy atom. The molecular weight excluding hydrogens is 472 g/mol. The van der Waals surface area contributed by atoms with Crippen LogP contribution in [0, 0.1) is 0 Å². The van der Waals surface area contributed by atoms with Gasteiger partial charge < -0.3 is 14.7 Å². The summed E-state index contributed by atoms with van der Waals surface area (Å²) >= 11 is 2.84. The fraction of sp³-hybridized carbons (Fsp3) is 0.417. The van der Waals surface area contributed by atoms with Gasteiger partial charge in [0.05, 0.1) is 13.7 Å². The number of thiazole rings is 1. The molecule has 3 atom stereocenters. The number of thioether (sulfide) groups is 1. The van der Waals surface area contributed by atoms with Crippen molar-refractivity contribution in [1.29, 1.82) is 0 Å². The first-order valence-corrected chi connectivity index (χ1v) is 12.7. The van der Waals surface area contributed by atoms with Gasteiger partial charge in [0.25, 0.3) is 5.91 Å². The average Bonchev–Trinajstić information content (AvgIpc) is 3.54. The van der Waals surface area contributed by atoms with Gasteiger partial charge in [-0.25, -0.2) is 9.78 Å². The molecule has 1 fully saturated rings. The average molecular weight is 501 g/mol. The molecule has 180 valence electrons. The molecule has 4 rings (SSSR count). The van der Waals surface area contributed by atoms with Crippen molar-refractivity contribution in [3.05, 3.63) is 64.4 Å². The van der Waals surface area contributed by atoms with E-state index in [2.05, 4.69) is 30.9 Å². The summed E-state index contributed by atoms with van der Waals surface area (Å²) in [4.78, 5) is 33.0. The Labute approximate surface area is 207 Å². The highest BCUT2D eigenvalue weighted by Crippen LogP contribution is 2.53. The van der Waals surface area contributed by atoms with Crippen LogP contribution in [0.3, 0.4) is 0 Å². The zero-order chi connectivity index (χ0) is 24.7. The van der Waals surface area contributed by atoms with Crippen LogP contribution >= 0.6 is 23.1 Å². The lowest BCUT2D eigenvalue weighted by atomic mass is 9.85. The third-order valence-corrected chi connectivity index (χ3v) is 8.61. The highest BCUT2D eigenvalue weighted by molar-refractivity contribution is 8.00. The van der Waals surface area contributed by atoms with Gasteiger partial charge in [0.2, 0.25) is 0 Å². The molecule has 0 spiro atoms. The Hall–Kier alpha value is -2.85. The maximum atomic E-state index is 14.1. The normalized spacial score (nSPS) is 22.7. The number of hydrogen-bond acceptors (Lipinski definition) is 7. The lowest BCUT2D eigenvalue weighted by molar-refractivity contribution is -0.150. The Balaban J connectivity index is 1.86. The second kappa shape index (κ2) is 9.07. The largest absolute Gasteiger partial charge is 0.496 e. The van der Waals surface area contributed by atoms with Gasteiger partial charge in [-0.3, -0.25) is 9.48 Å². The fourth-order valence-corrected chi connectivity index (χ4v) is 6.78. The zero-order valence-corrected chi connectivity index (χ0v) is 21.4. The predicted octanol–water partition coefficient (Wildman–Crippen LogP) is 4.45. The second-order valence-corrected chi connectivity index (χ2v) is 11.6. The molecule has 3 unspecified atom stereocenters. The third-order valence-electron chi connectivity index (χ3n) is 6.14. The van der Waals surface area contributed by atoms with Crippen molar-refractivity contribution in [2.75, 3.05) is 7.11 Å². The number of hydrogen-bond donors (Lipinski definition) is 1. The summed E-state index contributed by atoms with van der Waals surface area (Å²) in [7, 11) is 1.57. The number of ether oxygens (including phenoxy) is 1. The summed E-state index contributed by atoms with van der Waals surface area (Å²) < 4.78 is 7.18. The topological polar surface area (TPSA) is 97.5 Å². The number of carbonyl (C=O) groups is 2. The molecule has 1 aromatic carbocycles. The van der Waals surface area contributed by atoms with Crippen LogP contribution in [-0.2, 0) is 16.8 Å². The molecule has 1 saturated heterocycles. The van der Waals surface area contributed by atoms with Gasteiger partial charge in [-0.2, -0.15) is 5.10 Å². The monoisotopic (exact) mass is 500 g/mol. The van der Waals surface area contributed by atoms with E-state index >= 15 is 0 Å². The van der Waals surface area contributed by atoms with Crippen molar-refractivity contribution in [3.63, 3.8) is 0 Å². The van der Waals surface area contributed by atoms with E-state index in [0.29, 0.717) is 16.3 Å². The summed E-state index contributed by atoms with van der Waals surface area (Å²) in [5, 5.41) is 16.4. The Kier molecular flexibility index (Phi) is 6.48. The number of carboxylic acids is 1. The van der Waals surface area contributed by atoms with Gasteiger partial charge in [-0.15, -0.1) is 23.1 Å². The summed E-state index contributed by atoms with van der Waals surface area (Å²) in [5.41, 5.74) is -0.375. The number of nitrogens with zero attached hydrogens (tertiary/aromatic N) is 4. The molecule has 1 aliphatic heterocycles. The zero-order valence-electron chi connectivity index (χ0n) is 19.8. The molecule has 10 heteroatoms. The van der Waals surface area contributed by atoms with E-state index in [4.69, 9.17) is 4.74 Å². The second-order valence-electron chi connectivity index (χ2n) is 9.27. The molecule has 0 aliphatic carbocycles. The van der Waals surface area contributed by atoms with E-state index in [1.807, 2.05) is 18.4 Å². The maximum absolute atomic E-state index is 14.1. The van der Waals surface area contributed by atoms with Gasteiger partial charge in [-0.1, -0.05) is 33.8 Å². The summed E-state index contributed by atoms with van der Waals surface area (Å²) in [6, 6.07) is 7.07. The quantitative estimate of drug-likeness (QED) is 0.534. The Morgan fingerprint density at radius 3 is 2.59 bits per heavy atom. The van der Waals surface area contributed by atoms with Crippen LogP contribution in [0.4, 0.5) is 0 Å². The molecule has 1 N–H and O–H groups in total. The minimum atomic E-state index is -1.53.